The van der Waals surface area contributed by atoms with Crippen LogP contribution in [0.2, 0.25) is 0 Å². The second-order valence-corrected chi connectivity index (χ2v) is 8.00. The quantitative estimate of drug-likeness (QED) is 0.242. The van der Waals surface area contributed by atoms with E-state index < -0.39 is 0 Å². The average Bonchev–Trinajstić information content (AvgIpc) is 3.17. The summed E-state index contributed by atoms with van der Waals surface area (Å²) in [7, 11) is 0. The lowest BCUT2D eigenvalue weighted by atomic mass is 10.1. The summed E-state index contributed by atoms with van der Waals surface area (Å²) in [6.07, 6.45) is 3.55. The maximum absolute atomic E-state index is 12.3. The van der Waals surface area contributed by atoms with Crippen LogP contribution < -0.4 is 15.9 Å². The van der Waals surface area contributed by atoms with E-state index in [0.717, 1.165) is 34.4 Å². The smallest absolute Gasteiger partial charge is 0.271 e. The van der Waals surface area contributed by atoms with Crippen molar-refractivity contribution in [2.75, 3.05) is 12.3 Å². The van der Waals surface area contributed by atoms with Crippen molar-refractivity contribution in [2.45, 2.75) is 12.8 Å². The Kier molecular flexibility index (Phi) is 6.54. The maximum Gasteiger partial charge on any atom is 0.271 e. The first kappa shape index (κ1) is 20.6. The number of hydrogen-bond donors (Lipinski definition) is 2. The van der Waals surface area contributed by atoms with Crippen LogP contribution in [0.3, 0.4) is 0 Å². The van der Waals surface area contributed by atoms with Crippen molar-refractivity contribution in [3.63, 3.8) is 0 Å². The van der Waals surface area contributed by atoms with Gasteiger partial charge in [0.2, 0.25) is 0 Å². The number of rotatable bonds is 8. The molecular weight excluding hydrogens is 408 g/mol. The number of ether oxygens (including phenoxy) is 1. The van der Waals surface area contributed by atoms with Crippen molar-refractivity contribution < 1.29 is 9.53 Å². The van der Waals surface area contributed by atoms with Crippen LogP contribution in [-0.4, -0.2) is 23.7 Å². The van der Waals surface area contributed by atoms with E-state index in [9.17, 15) is 4.79 Å². The highest BCUT2D eigenvalue weighted by atomic mass is 32.1. The van der Waals surface area contributed by atoms with Crippen LogP contribution in [0.25, 0.3) is 10.2 Å². The number of aromatic nitrogens is 1. The number of amides is 1. The summed E-state index contributed by atoms with van der Waals surface area (Å²) in [5.41, 5.74) is 11.7. The van der Waals surface area contributed by atoms with Crippen LogP contribution in [0.1, 0.15) is 27.9 Å². The van der Waals surface area contributed by atoms with Crippen molar-refractivity contribution in [3.05, 3.63) is 89.5 Å². The fourth-order valence-corrected chi connectivity index (χ4v) is 3.85. The zero-order valence-corrected chi connectivity index (χ0v) is 17.6. The van der Waals surface area contributed by atoms with Gasteiger partial charge in [0, 0.05) is 5.56 Å². The summed E-state index contributed by atoms with van der Waals surface area (Å²) in [4.78, 5) is 16.5. The number of benzene rings is 3. The molecular formula is C24H22N4O2S. The van der Waals surface area contributed by atoms with Gasteiger partial charge in [-0.3, -0.25) is 4.79 Å². The average molecular weight is 431 g/mol. The Morgan fingerprint density at radius 1 is 1.10 bits per heavy atom. The molecule has 4 aromatic rings. The Bertz CT molecular complexity index is 1190. The van der Waals surface area contributed by atoms with E-state index in [4.69, 9.17) is 10.5 Å². The topological polar surface area (TPSA) is 89.6 Å². The summed E-state index contributed by atoms with van der Waals surface area (Å²) in [5.74, 6) is 0.523. The van der Waals surface area contributed by atoms with Crippen LogP contribution in [0.4, 0.5) is 5.13 Å². The molecule has 0 radical (unpaired) electrons. The van der Waals surface area contributed by atoms with E-state index in [2.05, 4.69) is 39.8 Å². The molecule has 0 aliphatic heterocycles. The van der Waals surface area contributed by atoms with Crippen molar-refractivity contribution >= 4 is 38.8 Å². The standard InChI is InChI=1S/C24H22N4O2S/c25-24-27-21-13-10-19(15-22(21)31-24)23(29)28-26-16-18-8-11-20(12-9-18)30-14-4-7-17-5-2-1-3-6-17/h1-3,5-6,8-13,15-16H,4,7,14H2,(H2,25,27)(H,28,29)/b26-16-. The Labute approximate surface area is 184 Å². The highest BCUT2D eigenvalue weighted by Gasteiger charge is 2.08. The lowest BCUT2D eigenvalue weighted by Crippen LogP contribution is -2.17. The molecule has 1 aromatic heterocycles. The normalized spacial score (nSPS) is 11.1. The minimum atomic E-state index is -0.288. The summed E-state index contributed by atoms with van der Waals surface area (Å²) >= 11 is 1.35. The monoisotopic (exact) mass is 430 g/mol. The van der Waals surface area contributed by atoms with Gasteiger partial charge in [-0.05, 0) is 66.4 Å². The fourth-order valence-electron chi connectivity index (χ4n) is 3.07. The van der Waals surface area contributed by atoms with Gasteiger partial charge in [-0.2, -0.15) is 5.10 Å². The largest absolute Gasteiger partial charge is 0.494 e. The number of aryl methyl sites for hydroxylation is 1. The summed E-state index contributed by atoms with van der Waals surface area (Å²) in [5, 5.41) is 4.52. The van der Waals surface area contributed by atoms with Crippen molar-refractivity contribution in [2.24, 2.45) is 5.10 Å². The van der Waals surface area contributed by atoms with Crippen LogP contribution >= 0.6 is 11.3 Å². The first-order chi connectivity index (χ1) is 15.2. The predicted molar refractivity (Wildman–Crippen MR) is 126 cm³/mol. The van der Waals surface area contributed by atoms with Crippen LogP contribution in [0.15, 0.2) is 77.9 Å². The van der Waals surface area contributed by atoms with E-state index in [-0.39, 0.29) is 5.91 Å². The number of hydrazone groups is 1. The molecule has 3 N–H and O–H groups in total. The van der Waals surface area contributed by atoms with Gasteiger partial charge in [0.25, 0.3) is 5.91 Å². The molecule has 1 heterocycles. The molecule has 0 aliphatic carbocycles. The molecule has 0 atom stereocenters. The van der Waals surface area contributed by atoms with Gasteiger partial charge in [0.05, 0.1) is 23.0 Å². The summed E-state index contributed by atoms with van der Waals surface area (Å²) in [6.45, 7) is 0.661. The van der Waals surface area contributed by atoms with Gasteiger partial charge in [0.1, 0.15) is 5.75 Å². The van der Waals surface area contributed by atoms with Gasteiger partial charge in [-0.15, -0.1) is 0 Å². The first-order valence-electron chi connectivity index (χ1n) is 9.94. The van der Waals surface area contributed by atoms with E-state index >= 15 is 0 Å². The Morgan fingerprint density at radius 3 is 2.71 bits per heavy atom. The van der Waals surface area contributed by atoms with Crippen LogP contribution in [0, 0.1) is 0 Å². The zero-order valence-electron chi connectivity index (χ0n) is 16.8. The molecule has 1 amide bonds. The SMILES string of the molecule is Nc1nc2ccc(C(=O)N/N=C\c3ccc(OCCCc4ccccc4)cc3)cc2s1. The number of nitrogens with two attached hydrogens (primary N) is 1. The van der Waals surface area contributed by atoms with E-state index in [0.29, 0.717) is 17.3 Å². The molecule has 0 spiro atoms. The van der Waals surface area contributed by atoms with Crippen molar-refractivity contribution in [3.8, 4) is 5.75 Å². The molecule has 0 saturated heterocycles. The van der Waals surface area contributed by atoms with Crippen LogP contribution in [-0.2, 0) is 6.42 Å². The highest BCUT2D eigenvalue weighted by Crippen LogP contribution is 2.24. The maximum atomic E-state index is 12.3. The lowest BCUT2D eigenvalue weighted by molar-refractivity contribution is 0.0955. The minimum Gasteiger partial charge on any atom is -0.494 e. The van der Waals surface area contributed by atoms with E-state index in [1.165, 1.54) is 16.9 Å². The zero-order chi connectivity index (χ0) is 21.5. The van der Waals surface area contributed by atoms with Crippen LogP contribution in [0.5, 0.6) is 5.75 Å². The molecule has 0 fully saturated rings. The van der Waals surface area contributed by atoms with Crippen molar-refractivity contribution in [1.82, 2.24) is 10.4 Å². The number of carbonyl (C=O) groups excluding carboxylic acids is 1. The number of nitrogens with zero attached hydrogens (tertiary/aromatic N) is 2. The lowest BCUT2D eigenvalue weighted by Gasteiger charge is -2.06. The molecule has 0 saturated carbocycles. The van der Waals surface area contributed by atoms with Crippen molar-refractivity contribution in [1.29, 1.82) is 0 Å². The van der Waals surface area contributed by atoms with Gasteiger partial charge in [-0.1, -0.05) is 41.7 Å². The third-order valence-corrected chi connectivity index (χ3v) is 5.50. The summed E-state index contributed by atoms with van der Waals surface area (Å²) in [6, 6.07) is 23.2. The number of anilines is 1. The fraction of sp³-hybridized carbons (Fsp3) is 0.125. The minimum absolute atomic E-state index is 0.288. The Balaban J connectivity index is 1.24. The van der Waals surface area contributed by atoms with Gasteiger partial charge in [-0.25, -0.2) is 10.4 Å². The van der Waals surface area contributed by atoms with Gasteiger partial charge >= 0.3 is 0 Å². The molecule has 6 nitrogen and oxygen atoms in total. The molecule has 7 heteroatoms. The molecule has 0 aliphatic rings. The van der Waals surface area contributed by atoms with Gasteiger partial charge in [0.15, 0.2) is 5.13 Å². The molecule has 4 rings (SSSR count). The molecule has 31 heavy (non-hydrogen) atoms. The predicted octanol–water partition coefficient (Wildman–Crippen LogP) is 4.65. The second-order valence-electron chi connectivity index (χ2n) is 6.94. The van der Waals surface area contributed by atoms with E-state index in [1.807, 2.05) is 30.3 Å². The number of fused-ring (bicyclic) bond motifs is 1. The second kappa shape index (κ2) is 9.86. The number of nitrogens with one attached hydrogen (secondary N) is 1. The third-order valence-electron chi connectivity index (χ3n) is 4.65. The summed E-state index contributed by atoms with van der Waals surface area (Å²) < 4.78 is 6.66. The number of thiazole rings is 1. The Hall–Kier alpha value is -3.71. The van der Waals surface area contributed by atoms with E-state index in [1.54, 1.807) is 24.4 Å². The number of carbonyl (C=O) groups is 1. The third kappa shape index (κ3) is 5.67. The van der Waals surface area contributed by atoms with Gasteiger partial charge < -0.3 is 10.5 Å². The molecule has 3 aromatic carbocycles. The number of nitrogen functional groups attached to an aromatic ring is 1. The highest BCUT2D eigenvalue weighted by molar-refractivity contribution is 7.22. The molecule has 156 valence electrons. The first-order valence-corrected chi connectivity index (χ1v) is 10.8. The molecule has 0 unspecified atom stereocenters. The molecule has 0 bridgehead atoms. The number of hydrogen-bond acceptors (Lipinski definition) is 6. The Morgan fingerprint density at radius 2 is 1.90 bits per heavy atom.